The number of ether oxygens (including phenoxy) is 1. The Bertz CT molecular complexity index is 811. The molecule has 0 aliphatic heterocycles. The van der Waals surface area contributed by atoms with Crippen LogP contribution in [0.15, 0.2) is 12.1 Å². The lowest BCUT2D eigenvalue weighted by molar-refractivity contribution is -0.0361. The van der Waals surface area contributed by atoms with Crippen LogP contribution in [0.25, 0.3) is 5.95 Å². The molecule has 140 valence electrons. The molecule has 9 heteroatoms. The van der Waals surface area contributed by atoms with Crippen molar-refractivity contribution in [3.05, 3.63) is 29.2 Å². The summed E-state index contributed by atoms with van der Waals surface area (Å²) in [6.07, 6.45) is 0.341. The Labute approximate surface area is 149 Å². The second-order valence-corrected chi connectivity index (χ2v) is 6.54. The first kappa shape index (κ1) is 18.2. The average Bonchev–Trinajstić information content (AvgIpc) is 2.94. The SMILES string of the molecule is COC(=O)c1cc(NC2CCC(F)(F)CC2)nc(-n2nc(C)cc2C)n1. The van der Waals surface area contributed by atoms with Gasteiger partial charge in [-0.15, -0.1) is 0 Å². The Morgan fingerprint density at radius 2 is 1.96 bits per heavy atom. The Balaban J connectivity index is 1.90. The molecule has 1 aliphatic rings. The van der Waals surface area contributed by atoms with Crippen molar-refractivity contribution in [3.63, 3.8) is 0 Å². The first-order chi connectivity index (χ1) is 12.3. The molecule has 3 rings (SSSR count). The van der Waals surface area contributed by atoms with Crippen LogP contribution in [0.1, 0.15) is 47.6 Å². The zero-order chi connectivity index (χ0) is 18.9. The molecule has 0 radical (unpaired) electrons. The molecular formula is C17H21F2N5O2. The van der Waals surface area contributed by atoms with Crippen molar-refractivity contribution in [1.82, 2.24) is 19.7 Å². The van der Waals surface area contributed by atoms with Crippen molar-refractivity contribution < 1.29 is 18.3 Å². The molecule has 1 fully saturated rings. The van der Waals surface area contributed by atoms with Gasteiger partial charge in [0.1, 0.15) is 5.82 Å². The number of nitrogens with zero attached hydrogens (tertiary/aromatic N) is 4. The van der Waals surface area contributed by atoms with E-state index in [1.165, 1.54) is 17.9 Å². The van der Waals surface area contributed by atoms with Gasteiger partial charge in [0.25, 0.3) is 5.95 Å². The number of aromatic nitrogens is 4. The minimum absolute atomic E-state index is 0.0775. The molecule has 0 unspecified atom stereocenters. The van der Waals surface area contributed by atoms with E-state index in [0.29, 0.717) is 18.7 Å². The minimum atomic E-state index is -2.60. The van der Waals surface area contributed by atoms with Crippen molar-refractivity contribution in [2.75, 3.05) is 12.4 Å². The number of anilines is 1. The molecule has 1 N–H and O–H groups in total. The summed E-state index contributed by atoms with van der Waals surface area (Å²) < 4.78 is 33.0. The van der Waals surface area contributed by atoms with E-state index in [-0.39, 0.29) is 30.5 Å². The van der Waals surface area contributed by atoms with Crippen LogP contribution < -0.4 is 5.32 Å². The highest BCUT2D eigenvalue weighted by Gasteiger charge is 2.35. The number of nitrogens with one attached hydrogen (secondary N) is 1. The molecule has 2 heterocycles. The maximum atomic E-state index is 13.3. The molecule has 0 amide bonds. The van der Waals surface area contributed by atoms with Crippen molar-refractivity contribution in [2.24, 2.45) is 0 Å². The maximum Gasteiger partial charge on any atom is 0.356 e. The van der Waals surface area contributed by atoms with Gasteiger partial charge in [0, 0.05) is 30.6 Å². The lowest BCUT2D eigenvalue weighted by atomic mass is 9.92. The van der Waals surface area contributed by atoms with E-state index in [4.69, 9.17) is 4.74 Å². The topological polar surface area (TPSA) is 81.9 Å². The van der Waals surface area contributed by atoms with Gasteiger partial charge in [0.05, 0.1) is 12.8 Å². The van der Waals surface area contributed by atoms with Gasteiger partial charge in [-0.1, -0.05) is 0 Å². The molecule has 0 aromatic carbocycles. The number of methoxy groups -OCH3 is 1. The quantitative estimate of drug-likeness (QED) is 0.839. The van der Waals surface area contributed by atoms with Gasteiger partial charge in [-0.3, -0.25) is 0 Å². The van der Waals surface area contributed by atoms with Gasteiger partial charge in [-0.05, 0) is 32.8 Å². The molecule has 7 nitrogen and oxygen atoms in total. The number of carbonyl (C=O) groups excluding carboxylic acids is 1. The zero-order valence-electron chi connectivity index (χ0n) is 14.9. The molecular weight excluding hydrogens is 344 g/mol. The summed E-state index contributed by atoms with van der Waals surface area (Å²) in [6.45, 7) is 3.69. The summed E-state index contributed by atoms with van der Waals surface area (Å²) in [4.78, 5) is 20.6. The highest BCUT2D eigenvalue weighted by atomic mass is 19.3. The van der Waals surface area contributed by atoms with E-state index in [0.717, 1.165) is 11.4 Å². The van der Waals surface area contributed by atoms with Crippen LogP contribution in [-0.2, 0) is 4.74 Å². The third-order valence-corrected chi connectivity index (χ3v) is 4.38. The number of carbonyl (C=O) groups is 1. The summed E-state index contributed by atoms with van der Waals surface area (Å²) in [7, 11) is 1.27. The predicted molar refractivity (Wildman–Crippen MR) is 90.8 cm³/mol. The second kappa shape index (κ2) is 6.97. The lowest BCUT2D eigenvalue weighted by Crippen LogP contribution is -2.32. The first-order valence-corrected chi connectivity index (χ1v) is 8.43. The van der Waals surface area contributed by atoms with Crippen molar-refractivity contribution in [1.29, 1.82) is 0 Å². The highest BCUT2D eigenvalue weighted by molar-refractivity contribution is 5.88. The molecule has 0 atom stereocenters. The summed E-state index contributed by atoms with van der Waals surface area (Å²) in [5.74, 6) is -2.59. The highest BCUT2D eigenvalue weighted by Crippen LogP contribution is 2.34. The Kier molecular flexibility index (Phi) is 4.88. The van der Waals surface area contributed by atoms with Crippen LogP contribution >= 0.6 is 0 Å². The second-order valence-electron chi connectivity index (χ2n) is 6.54. The molecule has 1 aliphatic carbocycles. The number of aryl methyl sites for hydroxylation is 2. The first-order valence-electron chi connectivity index (χ1n) is 8.43. The van der Waals surface area contributed by atoms with Gasteiger partial charge in [0.2, 0.25) is 5.92 Å². The number of halogens is 2. The third kappa shape index (κ3) is 3.97. The van der Waals surface area contributed by atoms with Crippen LogP contribution in [0.4, 0.5) is 14.6 Å². The molecule has 0 saturated heterocycles. The summed E-state index contributed by atoms with van der Waals surface area (Å²) in [5.41, 5.74) is 1.68. The van der Waals surface area contributed by atoms with Crippen LogP contribution in [0.3, 0.4) is 0 Å². The predicted octanol–water partition coefficient (Wildman–Crippen LogP) is 3.06. The van der Waals surface area contributed by atoms with E-state index in [9.17, 15) is 13.6 Å². The van der Waals surface area contributed by atoms with Crippen LogP contribution in [0, 0.1) is 13.8 Å². The standard InChI is InChI=1S/C17H21F2N5O2/c1-10-8-11(2)24(23-10)16-21-13(15(25)26-3)9-14(22-16)20-12-4-6-17(18,19)7-5-12/h8-9,12H,4-7H2,1-3H3,(H,20,21,22). The largest absolute Gasteiger partial charge is 0.464 e. The Hall–Kier alpha value is -2.58. The number of alkyl halides is 2. The molecule has 0 spiro atoms. The Morgan fingerprint density at radius 3 is 2.54 bits per heavy atom. The van der Waals surface area contributed by atoms with Gasteiger partial charge in [-0.2, -0.15) is 10.1 Å². The van der Waals surface area contributed by atoms with Crippen LogP contribution in [0.2, 0.25) is 0 Å². The van der Waals surface area contributed by atoms with Crippen molar-refractivity contribution in [2.45, 2.75) is 51.5 Å². The molecule has 26 heavy (non-hydrogen) atoms. The Morgan fingerprint density at radius 1 is 1.27 bits per heavy atom. The average molecular weight is 365 g/mol. The number of hydrogen-bond donors (Lipinski definition) is 1. The number of hydrogen-bond acceptors (Lipinski definition) is 6. The smallest absolute Gasteiger partial charge is 0.356 e. The van der Waals surface area contributed by atoms with E-state index in [2.05, 4.69) is 20.4 Å². The zero-order valence-corrected chi connectivity index (χ0v) is 14.9. The fraction of sp³-hybridized carbons (Fsp3) is 0.529. The minimum Gasteiger partial charge on any atom is -0.464 e. The van der Waals surface area contributed by atoms with Crippen LogP contribution in [0.5, 0.6) is 0 Å². The normalized spacial score (nSPS) is 17.1. The number of esters is 1. The molecule has 0 bridgehead atoms. The van der Waals surface area contributed by atoms with Gasteiger partial charge < -0.3 is 10.1 Å². The summed E-state index contributed by atoms with van der Waals surface area (Å²) >= 11 is 0. The van der Waals surface area contributed by atoms with Gasteiger partial charge in [-0.25, -0.2) is 23.2 Å². The van der Waals surface area contributed by atoms with Crippen LogP contribution in [-0.4, -0.2) is 44.8 Å². The summed E-state index contributed by atoms with van der Waals surface area (Å²) in [5, 5.41) is 7.47. The maximum absolute atomic E-state index is 13.3. The van der Waals surface area contributed by atoms with E-state index in [1.54, 1.807) is 0 Å². The monoisotopic (exact) mass is 365 g/mol. The third-order valence-electron chi connectivity index (χ3n) is 4.38. The fourth-order valence-corrected chi connectivity index (χ4v) is 3.04. The van der Waals surface area contributed by atoms with E-state index >= 15 is 0 Å². The number of rotatable bonds is 4. The van der Waals surface area contributed by atoms with Crippen molar-refractivity contribution >= 4 is 11.8 Å². The fourth-order valence-electron chi connectivity index (χ4n) is 3.04. The van der Waals surface area contributed by atoms with Gasteiger partial charge in [0.15, 0.2) is 5.69 Å². The van der Waals surface area contributed by atoms with Crippen molar-refractivity contribution in [3.8, 4) is 5.95 Å². The van der Waals surface area contributed by atoms with E-state index < -0.39 is 11.9 Å². The molecule has 2 aromatic rings. The lowest BCUT2D eigenvalue weighted by Gasteiger charge is -2.29. The molecule has 1 saturated carbocycles. The summed E-state index contributed by atoms with van der Waals surface area (Å²) in [6, 6.07) is 3.20. The van der Waals surface area contributed by atoms with Gasteiger partial charge >= 0.3 is 5.97 Å². The molecule has 2 aromatic heterocycles. The van der Waals surface area contributed by atoms with E-state index in [1.807, 2.05) is 19.9 Å².